The van der Waals surface area contributed by atoms with Crippen molar-refractivity contribution in [2.45, 2.75) is 38.6 Å². The van der Waals surface area contributed by atoms with Crippen LogP contribution in [0.5, 0.6) is 0 Å². The highest BCUT2D eigenvalue weighted by molar-refractivity contribution is 5.67. The highest BCUT2D eigenvalue weighted by Gasteiger charge is 2.24. The summed E-state index contributed by atoms with van der Waals surface area (Å²) in [5.74, 6) is -0.856. The minimum absolute atomic E-state index is 0.00902. The molecule has 0 bridgehead atoms. The van der Waals surface area contributed by atoms with Gasteiger partial charge in [-0.2, -0.15) is 0 Å². The number of hydrogen-bond acceptors (Lipinski definition) is 5. The second-order valence-electron chi connectivity index (χ2n) is 4.89. The van der Waals surface area contributed by atoms with E-state index in [9.17, 15) is 9.90 Å². The van der Waals surface area contributed by atoms with E-state index in [2.05, 4.69) is 0 Å². The average molecular weight is 261 g/mol. The Bertz CT molecular complexity index is 259. The molecule has 1 aliphatic rings. The number of aliphatic carboxylic acids is 1. The molecule has 1 saturated heterocycles. The van der Waals surface area contributed by atoms with Gasteiger partial charge in [0, 0.05) is 19.6 Å². The standard InChI is InChI=1S/C12H23NO5/c1-9(2)18-8-10(14)6-13-3-4-17-11(7-13)5-12(15)16/h9-11,14H,3-8H2,1-2H3,(H,15,16). The van der Waals surface area contributed by atoms with Gasteiger partial charge < -0.3 is 19.7 Å². The molecule has 2 unspecified atom stereocenters. The molecule has 18 heavy (non-hydrogen) atoms. The summed E-state index contributed by atoms with van der Waals surface area (Å²) in [6.45, 7) is 6.41. The summed E-state index contributed by atoms with van der Waals surface area (Å²) in [6.07, 6.45) is -0.718. The van der Waals surface area contributed by atoms with Gasteiger partial charge in [0.15, 0.2) is 0 Å². The summed E-state index contributed by atoms with van der Waals surface area (Å²) in [5.41, 5.74) is 0. The zero-order valence-electron chi connectivity index (χ0n) is 11.0. The molecule has 6 nitrogen and oxygen atoms in total. The van der Waals surface area contributed by atoms with Crippen LogP contribution in [0, 0.1) is 0 Å². The first-order chi connectivity index (χ1) is 8.47. The topological polar surface area (TPSA) is 79.2 Å². The molecule has 0 aromatic carbocycles. The molecule has 0 spiro atoms. The summed E-state index contributed by atoms with van der Waals surface area (Å²) in [4.78, 5) is 12.6. The third kappa shape index (κ3) is 6.30. The Hall–Kier alpha value is -0.690. The minimum Gasteiger partial charge on any atom is -0.481 e. The molecule has 1 fully saturated rings. The highest BCUT2D eigenvalue weighted by Crippen LogP contribution is 2.09. The zero-order valence-corrected chi connectivity index (χ0v) is 11.0. The summed E-state index contributed by atoms with van der Waals surface area (Å²) in [6, 6.07) is 0. The lowest BCUT2D eigenvalue weighted by molar-refractivity contribution is -0.142. The molecule has 0 aliphatic carbocycles. The Morgan fingerprint density at radius 2 is 2.28 bits per heavy atom. The number of nitrogens with zero attached hydrogens (tertiary/aromatic N) is 1. The Kier molecular flexibility index (Phi) is 6.56. The maximum atomic E-state index is 10.6. The van der Waals surface area contributed by atoms with Gasteiger partial charge in [-0.15, -0.1) is 0 Å². The molecular weight excluding hydrogens is 238 g/mol. The van der Waals surface area contributed by atoms with Crippen molar-refractivity contribution in [3.05, 3.63) is 0 Å². The van der Waals surface area contributed by atoms with Crippen molar-refractivity contribution in [3.63, 3.8) is 0 Å². The highest BCUT2D eigenvalue weighted by atomic mass is 16.5. The third-order valence-electron chi connectivity index (χ3n) is 2.72. The molecule has 0 aromatic rings. The number of hydrogen-bond donors (Lipinski definition) is 2. The van der Waals surface area contributed by atoms with Gasteiger partial charge in [-0.1, -0.05) is 0 Å². The number of rotatable bonds is 7. The van der Waals surface area contributed by atoms with Crippen LogP contribution in [0.2, 0.25) is 0 Å². The lowest BCUT2D eigenvalue weighted by atomic mass is 10.2. The van der Waals surface area contributed by atoms with Crippen molar-refractivity contribution in [3.8, 4) is 0 Å². The quantitative estimate of drug-likeness (QED) is 0.669. The van der Waals surface area contributed by atoms with Crippen LogP contribution in [0.25, 0.3) is 0 Å². The first-order valence-corrected chi connectivity index (χ1v) is 6.32. The van der Waals surface area contributed by atoms with Crippen molar-refractivity contribution < 1.29 is 24.5 Å². The lowest BCUT2D eigenvalue weighted by Crippen LogP contribution is -2.47. The number of carbonyl (C=O) groups is 1. The van der Waals surface area contributed by atoms with Crippen molar-refractivity contribution >= 4 is 5.97 Å². The van der Waals surface area contributed by atoms with Gasteiger partial charge in [0.25, 0.3) is 0 Å². The fourth-order valence-corrected chi connectivity index (χ4v) is 1.92. The van der Waals surface area contributed by atoms with E-state index in [-0.39, 0.29) is 18.6 Å². The third-order valence-corrected chi connectivity index (χ3v) is 2.72. The number of β-amino-alcohol motifs (C(OH)–C–C–N with tert-alkyl or cyclic N) is 1. The van der Waals surface area contributed by atoms with Crippen molar-refractivity contribution in [2.75, 3.05) is 32.8 Å². The van der Waals surface area contributed by atoms with E-state index in [1.54, 1.807) is 0 Å². The van der Waals surface area contributed by atoms with E-state index in [1.807, 2.05) is 18.7 Å². The number of carboxylic acids is 1. The number of aliphatic hydroxyl groups is 1. The molecular formula is C12H23NO5. The van der Waals surface area contributed by atoms with Crippen LogP contribution in [0.3, 0.4) is 0 Å². The normalized spacial score (nSPS) is 23.2. The van der Waals surface area contributed by atoms with E-state index >= 15 is 0 Å². The smallest absolute Gasteiger partial charge is 0.306 e. The molecule has 0 saturated carbocycles. The first kappa shape index (κ1) is 15.4. The van der Waals surface area contributed by atoms with Crippen molar-refractivity contribution in [1.82, 2.24) is 4.90 Å². The number of ether oxygens (including phenoxy) is 2. The van der Waals surface area contributed by atoms with Gasteiger partial charge in [0.05, 0.1) is 37.9 Å². The number of aliphatic hydroxyl groups excluding tert-OH is 1. The molecule has 0 amide bonds. The van der Waals surface area contributed by atoms with Gasteiger partial charge in [0.2, 0.25) is 0 Å². The van der Waals surface area contributed by atoms with Gasteiger partial charge >= 0.3 is 5.97 Å². The maximum absolute atomic E-state index is 10.6. The van der Waals surface area contributed by atoms with Crippen molar-refractivity contribution in [2.24, 2.45) is 0 Å². The van der Waals surface area contributed by atoms with Crippen LogP contribution >= 0.6 is 0 Å². The van der Waals surface area contributed by atoms with Crippen molar-refractivity contribution in [1.29, 1.82) is 0 Å². The lowest BCUT2D eigenvalue weighted by Gasteiger charge is -2.33. The van der Waals surface area contributed by atoms with E-state index in [0.29, 0.717) is 26.3 Å². The number of morpholine rings is 1. The van der Waals surface area contributed by atoms with E-state index in [0.717, 1.165) is 6.54 Å². The molecule has 106 valence electrons. The van der Waals surface area contributed by atoms with Gasteiger partial charge in [0.1, 0.15) is 0 Å². The summed E-state index contributed by atoms with van der Waals surface area (Å²) < 4.78 is 10.7. The van der Waals surface area contributed by atoms with Crippen LogP contribution in [0.1, 0.15) is 20.3 Å². The van der Waals surface area contributed by atoms with Gasteiger partial charge in [-0.25, -0.2) is 0 Å². The maximum Gasteiger partial charge on any atom is 0.306 e. The molecule has 0 radical (unpaired) electrons. The van der Waals surface area contributed by atoms with E-state index in [1.165, 1.54) is 0 Å². The van der Waals surface area contributed by atoms with Crippen LogP contribution in [-0.4, -0.2) is 72.2 Å². The number of carboxylic acid groups (broad SMARTS) is 1. The zero-order chi connectivity index (χ0) is 13.5. The summed E-state index contributed by atoms with van der Waals surface area (Å²) >= 11 is 0. The SMILES string of the molecule is CC(C)OCC(O)CN1CCOC(CC(=O)O)C1. The van der Waals surface area contributed by atoms with Crippen LogP contribution in [0.15, 0.2) is 0 Å². The molecule has 1 heterocycles. The van der Waals surface area contributed by atoms with Crippen LogP contribution < -0.4 is 0 Å². The molecule has 2 N–H and O–H groups in total. The Balaban J connectivity index is 2.26. The largest absolute Gasteiger partial charge is 0.481 e. The first-order valence-electron chi connectivity index (χ1n) is 6.32. The average Bonchev–Trinajstić information content (AvgIpc) is 2.26. The molecule has 2 atom stereocenters. The van der Waals surface area contributed by atoms with E-state index in [4.69, 9.17) is 14.6 Å². The van der Waals surface area contributed by atoms with E-state index < -0.39 is 12.1 Å². The fraction of sp³-hybridized carbons (Fsp3) is 0.917. The minimum atomic E-state index is -0.856. The fourth-order valence-electron chi connectivity index (χ4n) is 1.92. The second kappa shape index (κ2) is 7.68. The molecule has 1 aliphatic heterocycles. The van der Waals surface area contributed by atoms with Gasteiger partial charge in [-0.05, 0) is 13.8 Å². The monoisotopic (exact) mass is 261 g/mol. The Morgan fingerprint density at radius 3 is 2.89 bits per heavy atom. The predicted molar refractivity (Wildman–Crippen MR) is 65.5 cm³/mol. The second-order valence-corrected chi connectivity index (χ2v) is 4.89. The van der Waals surface area contributed by atoms with Crippen LogP contribution in [0.4, 0.5) is 0 Å². The van der Waals surface area contributed by atoms with Gasteiger partial charge in [-0.3, -0.25) is 9.69 Å². The van der Waals surface area contributed by atoms with Crippen LogP contribution in [-0.2, 0) is 14.3 Å². The Labute approximate surface area is 107 Å². The molecule has 6 heteroatoms. The Morgan fingerprint density at radius 1 is 1.56 bits per heavy atom. The summed E-state index contributed by atoms with van der Waals surface area (Å²) in [5, 5.41) is 18.5. The molecule has 1 rings (SSSR count). The summed E-state index contributed by atoms with van der Waals surface area (Å²) in [7, 11) is 0. The molecule has 0 aromatic heterocycles. The predicted octanol–water partition coefficient (Wildman–Crippen LogP) is -0.0522.